The van der Waals surface area contributed by atoms with Crippen LogP contribution in [0.1, 0.15) is 5.56 Å². The highest BCUT2D eigenvalue weighted by molar-refractivity contribution is 9.10. The van der Waals surface area contributed by atoms with Crippen molar-refractivity contribution in [3.8, 4) is 5.75 Å². The van der Waals surface area contributed by atoms with Crippen molar-refractivity contribution >= 4 is 44.0 Å². The largest absolute Gasteiger partial charge is 0.483 e. The van der Waals surface area contributed by atoms with Gasteiger partial charge in [-0.3, -0.25) is 14.9 Å². The number of nitrogens with zero attached hydrogens (tertiary/aromatic N) is 1. The van der Waals surface area contributed by atoms with Gasteiger partial charge in [-0.2, -0.15) is 0 Å². The molecule has 0 radical (unpaired) electrons. The van der Waals surface area contributed by atoms with Gasteiger partial charge >= 0.3 is 0 Å². The average molecular weight is 415 g/mol. The minimum absolute atomic E-state index is 0.0795. The molecule has 3 aromatic carbocycles. The summed E-state index contributed by atoms with van der Waals surface area (Å²) < 4.78 is 6.38. The Morgan fingerprint density at radius 1 is 1.19 bits per heavy atom. The van der Waals surface area contributed by atoms with Gasteiger partial charge in [0, 0.05) is 12.1 Å². The lowest BCUT2D eigenvalue weighted by atomic mass is 10.1. The number of fused-ring (bicyclic) bond motifs is 1. The Labute approximate surface area is 158 Å². The molecule has 0 saturated heterocycles. The molecule has 3 rings (SSSR count). The summed E-state index contributed by atoms with van der Waals surface area (Å²) in [4.78, 5) is 22.5. The number of carbonyl (C=O) groups excluding carboxylic acids is 1. The Morgan fingerprint density at radius 3 is 2.73 bits per heavy atom. The zero-order chi connectivity index (χ0) is 18.7. The van der Waals surface area contributed by atoms with Gasteiger partial charge in [0.05, 0.1) is 15.1 Å². The molecule has 0 saturated carbocycles. The average Bonchev–Trinajstić information content (AvgIpc) is 2.63. The summed E-state index contributed by atoms with van der Waals surface area (Å²) >= 11 is 3.50. The molecule has 0 aliphatic rings. The number of non-ortho nitro benzene ring substituents is 1. The van der Waals surface area contributed by atoms with Crippen molar-refractivity contribution in [2.45, 2.75) is 6.92 Å². The smallest absolute Gasteiger partial charge is 0.271 e. The number of nitro benzene ring substituents is 1. The Hall–Kier alpha value is -2.93. The Kier molecular flexibility index (Phi) is 5.18. The van der Waals surface area contributed by atoms with E-state index in [0.29, 0.717) is 11.4 Å². The second kappa shape index (κ2) is 7.53. The van der Waals surface area contributed by atoms with Crippen LogP contribution in [0.2, 0.25) is 0 Å². The van der Waals surface area contributed by atoms with Crippen molar-refractivity contribution in [2.24, 2.45) is 0 Å². The van der Waals surface area contributed by atoms with Gasteiger partial charge < -0.3 is 10.1 Å². The van der Waals surface area contributed by atoms with Gasteiger partial charge in [0.15, 0.2) is 6.61 Å². The molecule has 0 spiro atoms. The topological polar surface area (TPSA) is 81.5 Å². The Morgan fingerprint density at radius 2 is 1.96 bits per heavy atom. The van der Waals surface area contributed by atoms with E-state index in [4.69, 9.17) is 4.74 Å². The normalized spacial score (nSPS) is 10.5. The third-order valence-corrected chi connectivity index (χ3v) is 4.71. The van der Waals surface area contributed by atoms with Crippen molar-refractivity contribution in [1.29, 1.82) is 0 Å². The highest BCUT2D eigenvalue weighted by Crippen LogP contribution is 2.33. The molecule has 0 bridgehead atoms. The number of aryl methyl sites for hydroxylation is 1. The van der Waals surface area contributed by atoms with E-state index in [0.717, 1.165) is 20.8 Å². The predicted octanol–water partition coefficient (Wildman–Crippen LogP) is 4.84. The summed E-state index contributed by atoms with van der Waals surface area (Å²) in [7, 11) is 0. The molecule has 1 N–H and O–H groups in total. The van der Waals surface area contributed by atoms with Gasteiger partial charge in [-0.25, -0.2) is 0 Å². The van der Waals surface area contributed by atoms with E-state index in [2.05, 4.69) is 21.2 Å². The standard InChI is InChI=1S/C19H15BrN2O4/c1-12-6-8-14(22(24)25)10-16(12)21-18(23)11-26-17-9-7-13-4-2-3-5-15(13)19(17)20/h2-10H,11H2,1H3,(H,21,23). The SMILES string of the molecule is Cc1ccc([N+](=O)[O-])cc1NC(=O)COc1ccc2ccccc2c1Br. The molecule has 0 fully saturated rings. The minimum Gasteiger partial charge on any atom is -0.483 e. The molecule has 0 aromatic heterocycles. The highest BCUT2D eigenvalue weighted by atomic mass is 79.9. The van der Waals surface area contributed by atoms with Crippen LogP contribution in [0.5, 0.6) is 5.75 Å². The lowest BCUT2D eigenvalue weighted by Gasteiger charge is -2.11. The molecular formula is C19H15BrN2O4. The molecular weight excluding hydrogens is 400 g/mol. The monoisotopic (exact) mass is 414 g/mol. The number of amides is 1. The van der Waals surface area contributed by atoms with Gasteiger partial charge in [0.25, 0.3) is 11.6 Å². The third kappa shape index (κ3) is 3.83. The minimum atomic E-state index is -0.502. The van der Waals surface area contributed by atoms with Crippen molar-refractivity contribution in [2.75, 3.05) is 11.9 Å². The van der Waals surface area contributed by atoms with E-state index in [1.165, 1.54) is 12.1 Å². The number of halogens is 1. The van der Waals surface area contributed by atoms with Gasteiger partial charge in [-0.05, 0) is 45.3 Å². The fourth-order valence-electron chi connectivity index (χ4n) is 2.51. The van der Waals surface area contributed by atoms with Crippen molar-refractivity contribution in [3.05, 3.63) is 74.7 Å². The summed E-state index contributed by atoms with van der Waals surface area (Å²) in [6.07, 6.45) is 0. The third-order valence-electron chi connectivity index (χ3n) is 3.89. The summed E-state index contributed by atoms with van der Waals surface area (Å²) in [6.45, 7) is 1.55. The quantitative estimate of drug-likeness (QED) is 0.478. The lowest BCUT2D eigenvalue weighted by Crippen LogP contribution is -2.20. The molecule has 6 nitrogen and oxygen atoms in total. The number of anilines is 1. The zero-order valence-corrected chi connectivity index (χ0v) is 15.4. The number of hydrogen-bond donors (Lipinski definition) is 1. The summed E-state index contributed by atoms with van der Waals surface area (Å²) in [5.41, 5.74) is 1.05. The number of carbonyl (C=O) groups is 1. The molecule has 26 heavy (non-hydrogen) atoms. The van der Waals surface area contributed by atoms with Crippen LogP contribution in [0.15, 0.2) is 59.1 Å². The van der Waals surface area contributed by atoms with E-state index in [1.807, 2.05) is 30.3 Å². The summed E-state index contributed by atoms with van der Waals surface area (Å²) in [5, 5.41) is 15.6. The fraction of sp³-hybridized carbons (Fsp3) is 0.105. The van der Waals surface area contributed by atoms with E-state index in [9.17, 15) is 14.9 Å². The molecule has 0 heterocycles. The molecule has 0 aliphatic carbocycles. The number of ether oxygens (including phenoxy) is 1. The Bertz CT molecular complexity index is 1000. The van der Waals surface area contributed by atoms with E-state index in [-0.39, 0.29) is 12.3 Å². The van der Waals surface area contributed by atoms with Crippen LogP contribution >= 0.6 is 15.9 Å². The van der Waals surface area contributed by atoms with Crippen LogP contribution in [-0.2, 0) is 4.79 Å². The van der Waals surface area contributed by atoms with E-state index in [1.54, 1.807) is 19.1 Å². The van der Waals surface area contributed by atoms with Gasteiger partial charge in [-0.15, -0.1) is 0 Å². The van der Waals surface area contributed by atoms with Crippen LogP contribution in [0.3, 0.4) is 0 Å². The molecule has 132 valence electrons. The maximum absolute atomic E-state index is 12.2. The highest BCUT2D eigenvalue weighted by Gasteiger charge is 2.12. The van der Waals surface area contributed by atoms with E-state index < -0.39 is 10.8 Å². The van der Waals surface area contributed by atoms with Gasteiger partial charge in [0.1, 0.15) is 5.75 Å². The first kappa shape index (κ1) is 17.9. The van der Waals surface area contributed by atoms with Gasteiger partial charge in [-0.1, -0.05) is 36.4 Å². The fourth-order valence-corrected chi connectivity index (χ4v) is 3.12. The maximum atomic E-state index is 12.2. The first-order valence-electron chi connectivity index (χ1n) is 7.80. The molecule has 1 amide bonds. The molecule has 3 aromatic rings. The summed E-state index contributed by atoms with van der Waals surface area (Å²) in [6, 6.07) is 15.8. The first-order valence-corrected chi connectivity index (χ1v) is 8.60. The van der Waals surface area contributed by atoms with Crippen molar-refractivity contribution < 1.29 is 14.5 Å². The summed E-state index contributed by atoms with van der Waals surface area (Å²) in [5.74, 6) is 0.156. The van der Waals surface area contributed by atoms with Crippen molar-refractivity contribution in [1.82, 2.24) is 0 Å². The molecule has 7 heteroatoms. The number of hydrogen-bond acceptors (Lipinski definition) is 4. The maximum Gasteiger partial charge on any atom is 0.271 e. The number of rotatable bonds is 5. The van der Waals surface area contributed by atoms with Crippen LogP contribution in [-0.4, -0.2) is 17.4 Å². The molecule has 0 unspecified atom stereocenters. The van der Waals surface area contributed by atoms with Crippen LogP contribution < -0.4 is 10.1 Å². The number of benzene rings is 3. The molecule has 0 aliphatic heterocycles. The van der Waals surface area contributed by atoms with Crippen LogP contribution in [0.4, 0.5) is 11.4 Å². The van der Waals surface area contributed by atoms with Gasteiger partial charge in [0.2, 0.25) is 0 Å². The second-order valence-electron chi connectivity index (χ2n) is 5.69. The zero-order valence-electron chi connectivity index (χ0n) is 13.9. The number of nitro groups is 1. The predicted molar refractivity (Wildman–Crippen MR) is 104 cm³/mol. The number of nitrogens with one attached hydrogen (secondary N) is 1. The van der Waals surface area contributed by atoms with Crippen LogP contribution in [0, 0.1) is 17.0 Å². The van der Waals surface area contributed by atoms with Crippen molar-refractivity contribution in [3.63, 3.8) is 0 Å². The van der Waals surface area contributed by atoms with E-state index >= 15 is 0 Å². The van der Waals surface area contributed by atoms with Crippen LogP contribution in [0.25, 0.3) is 10.8 Å². The second-order valence-corrected chi connectivity index (χ2v) is 6.49. The lowest BCUT2D eigenvalue weighted by molar-refractivity contribution is -0.384. The first-order chi connectivity index (χ1) is 12.5. The Balaban J connectivity index is 1.71. The molecule has 0 atom stereocenters.